The zero-order chi connectivity index (χ0) is 17.4. The molecule has 24 heavy (non-hydrogen) atoms. The van der Waals surface area contributed by atoms with Crippen molar-refractivity contribution in [1.82, 2.24) is 4.90 Å². The molecule has 128 valence electrons. The van der Waals surface area contributed by atoms with Gasteiger partial charge in [-0.2, -0.15) is 0 Å². The molecule has 2 rings (SSSR count). The molecule has 2 atom stereocenters. The Morgan fingerprint density at radius 2 is 1.75 bits per heavy atom. The van der Waals surface area contributed by atoms with Crippen LogP contribution in [0.25, 0.3) is 0 Å². The van der Waals surface area contributed by atoms with Crippen molar-refractivity contribution in [3.63, 3.8) is 0 Å². The summed E-state index contributed by atoms with van der Waals surface area (Å²) in [5, 5.41) is 0. The van der Waals surface area contributed by atoms with Crippen LogP contribution in [0, 0.1) is 0 Å². The first-order valence-corrected chi connectivity index (χ1v) is 8.97. The second-order valence-corrected chi connectivity index (χ2v) is 6.46. The average Bonchev–Trinajstić information content (AvgIpc) is 2.61. The molecular weight excluding hydrogens is 322 g/mol. The summed E-state index contributed by atoms with van der Waals surface area (Å²) in [5.41, 5.74) is 1.05. The van der Waals surface area contributed by atoms with E-state index in [1.807, 2.05) is 79.8 Å². The first-order chi connectivity index (χ1) is 11.6. The molecule has 2 aromatic carbocycles. The van der Waals surface area contributed by atoms with Crippen LogP contribution in [0.5, 0.6) is 5.75 Å². The molecular formula is C19H23NO3S. The summed E-state index contributed by atoms with van der Waals surface area (Å²) in [4.78, 5) is 13.8. The van der Waals surface area contributed by atoms with Crippen LogP contribution < -0.4 is 4.74 Å². The van der Waals surface area contributed by atoms with Gasteiger partial charge in [-0.1, -0.05) is 30.3 Å². The summed E-state index contributed by atoms with van der Waals surface area (Å²) >= 11 is 1.69. The van der Waals surface area contributed by atoms with Gasteiger partial charge >= 0.3 is 0 Å². The second kappa shape index (κ2) is 9.35. The average molecular weight is 345 g/mol. The lowest BCUT2D eigenvalue weighted by atomic mass is 10.1. The van der Waals surface area contributed by atoms with Crippen molar-refractivity contribution in [1.29, 1.82) is 0 Å². The van der Waals surface area contributed by atoms with Crippen LogP contribution in [0.15, 0.2) is 59.5 Å². The second-order valence-electron chi connectivity index (χ2n) is 5.58. The third-order valence-electron chi connectivity index (χ3n) is 3.71. The Morgan fingerprint density at radius 3 is 2.29 bits per heavy atom. The highest BCUT2D eigenvalue weighted by Gasteiger charge is 2.22. The van der Waals surface area contributed by atoms with Gasteiger partial charge in [-0.05, 0) is 50.2 Å². The van der Waals surface area contributed by atoms with Crippen molar-refractivity contribution in [2.75, 3.05) is 20.4 Å². The molecule has 0 fully saturated rings. The fraction of sp³-hybridized carbons (Fsp3) is 0.316. The van der Waals surface area contributed by atoms with E-state index in [0.29, 0.717) is 12.9 Å². The Hall–Kier alpha value is -1.98. The first kappa shape index (κ1) is 18.4. The van der Waals surface area contributed by atoms with E-state index < -0.39 is 0 Å². The minimum absolute atomic E-state index is 0.210. The highest BCUT2D eigenvalue weighted by Crippen LogP contribution is 2.28. The third-order valence-corrected chi connectivity index (χ3v) is 4.46. The minimum Gasteiger partial charge on any atom is -0.486 e. The number of nitrogens with zero attached hydrogens (tertiary/aromatic N) is 1. The summed E-state index contributed by atoms with van der Waals surface area (Å²) in [6, 6.07) is 18.0. The SMILES string of the molecule is CSc1ccc(OC(CC(OC=O)N(C)C)c2ccccc2)cc1. The molecule has 0 saturated carbocycles. The van der Waals surface area contributed by atoms with Crippen molar-refractivity contribution >= 4 is 18.2 Å². The Kier molecular flexibility index (Phi) is 7.15. The van der Waals surface area contributed by atoms with Crippen molar-refractivity contribution in [3.05, 3.63) is 60.2 Å². The Balaban J connectivity index is 2.20. The molecule has 0 aliphatic carbocycles. The maximum Gasteiger partial charge on any atom is 0.294 e. The van der Waals surface area contributed by atoms with Gasteiger partial charge in [0.1, 0.15) is 11.9 Å². The molecule has 0 N–H and O–H groups in total. The summed E-state index contributed by atoms with van der Waals surface area (Å²) in [7, 11) is 3.76. The van der Waals surface area contributed by atoms with Gasteiger partial charge in [0.2, 0.25) is 0 Å². The zero-order valence-corrected chi connectivity index (χ0v) is 15.0. The molecule has 0 aliphatic rings. The van der Waals surface area contributed by atoms with Crippen molar-refractivity contribution in [2.45, 2.75) is 23.6 Å². The molecule has 2 unspecified atom stereocenters. The Labute approximate surface area is 147 Å². The van der Waals surface area contributed by atoms with E-state index >= 15 is 0 Å². The van der Waals surface area contributed by atoms with E-state index in [4.69, 9.17) is 9.47 Å². The van der Waals surface area contributed by atoms with E-state index in [2.05, 4.69) is 0 Å². The van der Waals surface area contributed by atoms with Crippen molar-refractivity contribution < 1.29 is 14.3 Å². The summed E-state index contributed by atoms with van der Waals surface area (Å²) in [6.45, 7) is 0.486. The van der Waals surface area contributed by atoms with Crippen LogP contribution in [0.3, 0.4) is 0 Å². The highest BCUT2D eigenvalue weighted by atomic mass is 32.2. The van der Waals surface area contributed by atoms with E-state index in [9.17, 15) is 4.79 Å². The van der Waals surface area contributed by atoms with Gasteiger partial charge < -0.3 is 9.47 Å². The molecule has 0 radical (unpaired) electrons. The first-order valence-electron chi connectivity index (χ1n) is 7.75. The van der Waals surface area contributed by atoms with Gasteiger partial charge in [-0.25, -0.2) is 0 Å². The number of thioether (sulfide) groups is 1. The molecule has 5 heteroatoms. The summed E-state index contributed by atoms with van der Waals surface area (Å²) in [6.07, 6.45) is 2.03. The predicted molar refractivity (Wildman–Crippen MR) is 97.3 cm³/mol. The smallest absolute Gasteiger partial charge is 0.294 e. The zero-order valence-electron chi connectivity index (χ0n) is 14.2. The van der Waals surface area contributed by atoms with Gasteiger partial charge in [0, 0.05) is 11.3 Å². The quantitative estimate of drug-likeness (QED) is 0.390. The monoisotopic (exact) mass is 345 g/mol. The minimum atomic E-state index is -0.349. The van der Waals surface area contributed by atoms with Crippen molar-refractivity contribution in [3.8, 4) is 5.75 Å². The molecule has 0 bridgehead atoms. The number of carbonyl (C=O) groups excluding carboxylic acids is 1. The standard InChI is InChI=1S/C19H23NO3S/c1-20(2)19(22-14-21)13-18(15-7-5-4-6-8-15)23-16-9-11-17(24-3)12-10-16/h4-12,14,18-19H,13H2,1-3H3. The molecule has 4 nitrogen and oxygen atoms in total. The molecule has 0 aliphatic heterocycles. The Bertz CT molecular complexity index is 616. The molecule has 0 amide bonds. The van der Waals surface area contributed by atoms with Crippen LogP contribution in [-0.4, -0.2) is 38.0 Å². The lowest BCUT2D eigenvalue weighted by Crippen LogP contribution is -2.33. The summed E-state index contributed by atoms with van der Waals surface area (Å²) in [5.74, 6) is 0.797. The number of carbonyl (C=O) groups is 1. The van der Waals surface area contributed by atoms with Crippen LogP contribution in [-0.2, 0) is 9.53 Å². The molecule has 0 aromatic heterocycles. The number of hydrogen-bond donors (Lipinski definition) is 0. The Morgan fingerprint density at radius 1 is 1.08 bits per heavy atom. The van der Waals surface area contributed by atoms with E-state index in [-0.39, 0.29) is 12.3 Å². The molecule has 0 saturated heterocycles. The fourth-order valence-electron chi connectivity index (χ4n) is 2.37. The number of ether oxygens (including phenoxy) is 2. The van der Waals surface area contributed by atoms with Gasteiger partial charge in [-0.15, -0.1) is 11.8 Å². The largest absolute Gasteiger partial charge is 0.486 e. The van der Waals surface area contributed by atoms with Crippen LogP contribution in [0.2, 0.25) is 0 Å². The highest BCUT2D eigenvalue weighted by molar-refractivity contribution is 7.98. The van der Waals surface area contributed by atoms with Crippen molar-refractivity contribution in [2.24, 2.45) is 0 Å². The van der Waals surface area contributed by atoms with Gasteiger partial charge in [-0.3, -0.25) is 9.69 Å². The van der Waals surface area contributed by atoms with E-state index in [1.165, 1.54) is 4.90 Å². The number of rotatable bonds is 9. The number of benzene rings is 2. The lowest BCUT2D eigenvalue weighted by molar-refractivity contribution is -0.143. The fourth-order valence-corrected chi connectivity index (χ4v) is 2.78. The maximum atomic E-state index is 10.8. The van der Waals surface area contributed by atoms with Gasteiger partial charge in [0.15, 0.2) is 6.23 Å². The summed E-state index contributed by atoms with van der Waals surface area (Å²) < 4.78 is 11.4. The van der Waals surface area contributed by atoms with Crippen LogP contribution >= 0.6 is 11.8 Å². The molecule has 0 heterocycles. The third kappa shape index (κ3) is 5.28. The predicted octanol–water partition coefficient (Wildman–Crippen LogP) is 3.98. The molecule has 0 spiro atoms. The topological polar surface area (TPSA) is 38.8 Å². The normalized spacial score (nSPS) is 13.3. The van der Waals surface area contributed by atoms with E-state index in [0.717, 1.165) is 11.3 Å². The lowest BCUT2D eigenvalue weighted by Gasteiger charge is -2.27. The van der Waals surface area contributed by atoms with Crippen LogP contribution in [0.4, 0.5) is 0 Å². The van der Waals surface area contributed by atoms with Crippen LogP contribution in [0.1, 0.15) is 18.1 Å². The number of hydrogen-bond acceptors (Lipinski definition) is 5. The maximum absolute atomic E-state index is 10.8. The van der Waals surface area contributed by atoms with Gasteiger partial charge in [0.25, 0.3) is 6.47 Å². The van der Waals surface area contributed by atoms with E-state index in [1.54, 1.807) is 11.8 Å². The van der Waals surface area contributed by atoms with Gasteiger partial charge in [0.05, 0.1) is 0 Å². The molecule has 2 aromatic rings.